The zero-order valence-electron chi connectivity index (χ0n) is 13.4. The lowest BCUT2D eigenvalue weighted by molar-refractivity contribution is -0.143. The maximum absolute atomic E-state index is 12.4. The number of aliphatic carboxylic acids is 1. The molecule has 7 heteroatoms. The van der Waals surface area contributed by atoms with Gasteiger partial charge in [0.05, 0.1) is 5.92 Å². The fourth-order valence-corrected chi connectivity index (χ4v) is 3.39. The fraction of sp³-hybridized carbons (Fsp3) is 0.471. The van der Waals surface area contributed by atoms with Crippen LogP contribution in [0.25, 0.3) is 0 Å². The number of carboxylic acid groups (broad SMARTS) is 1. The van der Waals surface area contributed by atoms with Crippen LogP contribution in [0.2, 0.25) is 0 Å². The number of hydrogen-bond donors (Lipinski definition) is 2. The Bertz CT molecular complexity index is 657. The Balaban J connectivity index is 1.64. The molecular weight excluding hydrogens is 328 g/mol. The molecule has 1 heterocycles. The molecule has 24 heavy (non-hydrogen) atoms. The Morgan fingerprint density at radius 2 is 1.96 bits per heavy atom. The number of carbonyl (C=O) groups is 3. The minimum absolute atomic E-state index is 0.0266. The average Bonchev–Trinajstić information content (AvgIpc) is 3.33. The number of nitrogens with zero attached hydrogens (tertiary/aromatic N) is 1. The number of thioether (sulfide) groups is 1. The molecule has 2 aliphatic rings. The van der Waals surface area contributed by atoms with Gasteiger partial charge in [0, 0.05) is 23.5 Å². The molecule has 0 radical (unpaired) electrons. The van der Waals surface area contributed by atoms with Crippen LogP contribution in [-0.4, -0.2) is 41.7 Å². The van der Waals surface area contributed by atoms with E-state index >= 15 is 0 Å². The van der Waals surface area contributed by atoms with Gasteiger partial charge in [-0.05, 0) is 49.3 Å². The minimum Gasteiger partial charge on any atom is -0.480 e. The number of carboxylic acids is 1. The summed E-state index contributed by atoms with van der Waals surface area (Å²) in [5.41, 5.74) is 0.769. The third kappa shape index (κ3) is 3.56. The van der Waals surface area contributed by atoms with E-state index in [2.05, 4.69) is 5.32 Å². The van der Waals surface area contributed by atoms with Gasteiger partial charge in [0.1, 0.15) is 6.04 Å². The Labute approximate surface area is 144 Å². The normalized spacial score (nSPS) is 21.6. The summed E-state index contributed by atoms with van der Waals surface area (Å²) in [5.74, 6) is -1.92. The number of anilines is 1. The van der Waals surface area contributed by atoms with Crippen molar-refractivity contribution in [2.45, 2.75) is 30.2 Å². The molecule has 1 aliphatic heterocycles. The molecule has 1 aromatic rings. The van der Waals surface area contributed by atoms with Crippen LogP contribution >= 0.6 is 11.8 Å². The van der Waals surface area contributed by atoms with E-state index in [4.69, 9.17) is 0 Å². The maximum Gasteiger partial charge on any atom is 0.326 e. The Hall–Kier alpha value is -2.02. The maximum atomic E-state index is 12.4. The Morgan fingerprint density at radius 1 is 1.29 bits per heavy atom. The predicted molar refractivity (Wildman–Crippen MR) is 91.0 cm³/mol. The standard InChI is InChI=1S/C17H20N2O4S/c1-24-13-6-4-12(5-7-13)19-9-11(8-14(19)20)16(21)18-15(17(22)23)10-2-3-10/h4-7,10-11,15H,2-3,8-9H2,1H3,(H,18,21)(H,22,23). The van der Waals surface area contributed by atoms with Crippen LogP contribution in [0.15, 0.2) is 29.2 Å². The van der Waals surface area contributed by atoms with Crippen molar-refractivity contribution in [3.05, 3.63) is 24.3 Å². The summed E-state index contributed by atoms with van der Waals surface area (Å²) in [6.45, 7) is 0.292. The molecule has 0 aromatic heterocycles. The lowest BCUT2D eigenvalue weighted by Crippen LogP contribution is -2.45. The summed E-state index contributed by atoms with van der Waals surface area (Å²) in [6, 6.07) is 6.79. The van der Waals surface area contributed by atoms with Gasteiger partial charge in [-0.3, -0.25) is 9.59 Å². The van der Waals surface area contributed by atoms with Crippen molar-refractivity contribution in [3.63, 3.8) is 0 Å². The summed E-state index contributed by atoms with van der Waals surface area (Å²) >= 11 is 1.62. The van der Waals surface area contributed by atoms with Gasteiger partial charge in [-0.15, -0.1) is 11.8 Å². The average molecular weight is 348 g/mol. The third-order valence-electron chi connectivity index (χ3n) is 4.54. The van der Waals surface area contributed by atoms with Crippen molar-refractivity contribution in [3.8, 4) is 0 Å². The number of hydrogen-bond acceptors (Lipinski definition) is 4. The van der Waals surface area contributed by atoms with E-state index in [1.54, 1.807) is 16.7 Å². The summed E-state index contributed by atoms with van der Waals surface area (Å²) in [7, 11) is 0. The van der Waals surface area contributed by atoms with Crippen LogP contribution < -0.4 is 10.2 Å². The lowest BCUT2D eigenvalue weighted by atomic mass is 10.1. The van der Waals surface area contributed by atoms with Crippen LogP contribution in [0.1, 0.15) is 19.3 Å². The zero-order valence-corrected chi connectivity index (χ0v) is 14.2. The Kier molecular flexibility index (Phi) is 4.80. The van der Waals surface area contributed by atoms with Crippen molar-refractivity contribution in [2.24, 2.45) is 11.8 Å². The summed E-state index contributed by atoms with van der Waals surface area (Å²) < 4.78 is 0. The van der Waals surface area contributed by atoms with Crippen LogP contribution in [-0.2, 0) is 14.4 Å². The van der Waals surface area contributed by atoms with E-state index in [-0.39, 0.29) is 24.2 Å². The molecule has 128 valence electrons. The SMILES string of the molecule is CSc1ccc(N2CC(C(=O)NC(C(=O)O)C3CC3)CC2=O)cc1. The second-order valence-corrected chi connectivity index (χ2v) is 7.14. The first-order chi connectivity index (χ1) is 11.5. The van der Waals surface area contributed by atoms with E-state index < -0.39 is 17.9 Å². The summed E-state index contributed by atoms with van der Waals surface area (Å²) in [6.07, 6.45) is 3.76. The number of rotatable bonds is 6. The van der Waals surface area contributed by atoms with E-state index in [1.807, 2.05) is 30.5 Å². The number of carbonyl (C=O) groups excluding carboxylic acids is 2. The number of nitrogens with one attached hydrogen (secondary N) is 1. The van der Waals surface area contributed by atoms with E-state index in [0.29, 0.717) is 6.54 Å². The van der Waals surface area contributed by atoms with Gasteiger partial charge < -0.3 is 15.3 Å². The van der Waals surface area contributed by atoms with E-state index in [1.165, 1.54) is 0 Å². The second-order valence-electron chi connectivity index (χ2n) is 6.27. The van der Waals surface area contributed by atoms with Gasteiger partial charge in [-0.25, -0.2) is 4.79 Å². The van der Waals surface area contributed by atoms with E-state index in [9.17, 15) is 19.5 Å². The first kappa shape index (κ1) is 16.8. The van der Waals surface area contributed by atoms with Gasteiger partial charge in [0.2, 0.25) is 11.8 Å². The molecular formula is C17H20N2O4S. The van der Waals surface area contributed by atoms with Crippen LogP contribution in [0.4, 0.5) is 5.69 Å². The monoisotopic (exact) mass is 348 g/mol. The highest BCUT2D eigenvalue weighted by Crippen LogP contribution is 2.33. The first-order valence-corrected chi connectivity index (χ1v) is 9.19. The number of benzene rings is 1. The largest absolute Gasteiger partial charge is 0.480 e. The molecule has 2 atom stereocenters. The molecule has 0 bridgehead atoms. The molecule has 2 unspecified atom stereocenters. The highest BCUT2D eigenvalue weighted by Gasteiger charge is 2.41. The molecule has 2 amide bonds. The first-order valence-electron chi connectivity index (χ1n) is 7.97. The van der Waals surface area contributed by atoms with Gasteiger partial charge in [0.15, 0.2) is 0 Å². The van der Waals surface area contributed by atoms with Gasteiger partial charge in [-0.2, -0.15) is 0 Å². The molecule has 1 aromatic carbocycles. The molecule has 2 fully saturated rings. The summed E-state index contributed by atoms with van der Waals surface area (Å²) in [5, 5.41) is 11.8. The number of amides is 2. The van der Waals surface area contributed by atoms with Crippen molar-refractivity contribution in [1.82, 2.24) is 5.32 Å². The topological polar surface area (TPSA) is 86.7 Å². The van der Waals surface area contributed by atoms with Crippen LogP contribution in [0.5, 0.6) is 0 Å². The molecule has 6 nitrogen and oxygen atoms in total. The van der Waals surface area contributed by atoms with Crippen LogP contribution in [0, 0.1) is 11.8 Å². The van der Waals surface area contributed by atoms with Gasteiger partial charge in [0.25, 0.3) is 0 Å². The molecule has 2 N–H and O–H groups in total. The fourth-order valence-electron chi connectivity index (χ4n) is 2.98. The molecule has 1 saturated carbocycles. The smallest absolute Gasteiger partial charge is 0.326 e. The van der Waals surface area contributed by atoms with Crippen molar-refractivity contribution < 1.29 is 19.5 Å². The van der Waals surface area contributed by atoms with Gasteiger partial charge >= 0.3 is 5.97 Å². The second kappa shape index (κ2) is 6.84. The minimum atomic E-state index is -1.00. The van der Waals surface area contributed by atoms with Crippen LogP contribution in [0.3, 0.4) is 0 Å². The molecule has 3 rings (SSSR count). The highest BCUT2D eigenvalue weighted by atomic mass is 32.2. The van der Waals surface area contributed by atoms with Gasteiger partial charge in [-0.1, -0.05) is 0 Å². The summed E-state index contributed by atoms with van der Waals surface area (Å²) in [4.78, 5) is 38.5. The molecule has 1 aliphatic carbocycles. The third-order valence-corrected chi connectivity index (χ3v) is 5.28. The highest BCUT2D eigenvalue weighted by molar-refractivity contribution is 7.98. The quantitative estimate of drug-likeness (QED) is 0.765. The molecule has 1 saturated heterocycles. The lowest BCUT2D eigenvalue weighted by Gasteiger charge is -2.18. The molecule has 0 spiro atoms. The van der Waals surface area contributed by atoms with Crippen molar-refractivity contribution in [2.75, 3.05) is 17.7 Å². The van der Waals surface area contributed by atoms with Crippen molar-refractivity contribution >= 4 is 35.2 Å². The van der Waals surface area contributed by atoms with E-state index in [0.717, 1.165) is 23.4 Å². The van der Waals surface area contributed by atoms with Crippen molar-refractivity contribution in [1.29, 1.82) is 0 Å². The zero-order chi connectivity index (χ0) is 17.3. The predicted octanol–water partition coefficient (Wildman–Crippen LogP) is 1.74. The Morgan fingerprint density at radius 3 is 2.50 bits per heavy atom.